The van der Waals surface area contributed by atoms with Gasteiger partial charge in [0, 0.05) is 28.1 Å². The molecule has 1 aromatic carbocycles. The number of nitrogens with one attached hydrogen (secondary N) is 1. The Hall–Kier alpha value is -2.91. The van der Waals surface area contributed by atoms with E-state index in [1.807, 2.05) is 22.9 Å². The molecule has 1 saturated heterocycles. The number of ether oxygens (including phenoxy) is 1. The van der Waals surface area contributed by atoms with Gasteiger partial charge in [-0.25, -0.2) is 19.2 Å². The van der Waals surface area contributed by atoms with Crippen LogP contribution in [0.25, 0.3) is 5.69 Å². The lowest BCUT2D eigenvalue weighted by molar-refractivity contribution is 0.174. The highest BCUT2D eigenvalue weighted by Crippen LogP contribution is 2.47. The van der Waals surface area contributed by atoms with Gasteiger partial charge < -0.3 is 14.6 Å². The lowest BCUT2D eigenvalue weighted by Crippen LogP contribution is -2.39. The number of anilines is 2. The van der Waals surface area contributed by atoms with Crippen molar-refractivity contribution in [3.05, 3.63) is 58.2 Å². The number of carbonyl (C=O) groups excluding carboxylic acids is 1. The van der Waals surface area contributed by atoms with E-state index in [1.165, 1.54) is 18.0 Å². The van der Waals surface area contributed by atoms with Crippen molar-refractivity contribution >= 4 is 41.1 Å². The van der Waals surface area contributed by atoms with Crippen molar-refractivity contribution in [2.24, 2.45) is 0 Å². The van der Waals surface area contributed by atoms with Gasteiger partial charge in [-0.2, -0.15) is 4.98 Å². The standard InChI is InChI=1S/C25H27Cl2FN6O2/c1-14(28)18-12-36-23(35)34(18)20-5-8-29-22(31-20)32-25(6-7-25)19-11-33(13-30-19)15-9-16(26)21(17(27)10-15)24(2,3)4/h5,8-11,13-14,18H,6-7,12H2,1-4H3,(H,29,31,32)/t14-,18+/m0/s1. The second-order valence-electron chi connectivity index (χ2n) is 10.3. The van der Waals surface area contributed by atoms with Gasteiger partial charge in [0.05, 0.1) is 17.6 Å². The maximum Gasteiger partial charge on any atom is 0.416 e. The maximum atomic E-state index is 14.0. The van der Waals surface area contributed by atoms with E-state index in [9.17, 15) is 9.18 Å². The molecule has 11 heteroatoms. The molecule has 190 valence electrons. The van der Waals surface area contributed by atoms with Crippen LogP contribution < -0.4 is 10.2 Å². The molecule has 0 spiro atoms. The predicted octanol–water partition coefficient (Wildman–Crippen LogP) is 6.05. The number of cyclic esters (lactones) is 1. The molecule has 5 rings (SSSR count). The summed E-state index contributed by atoms with van der Waals surface area (Å²) in [6.07, 6.45) is 4.97. The topological polar surface area (TPSA) is 85.2 Å². The monoisotopic (exact) mass is 532 g/mol. The van der Waals surface area contributed by atoms with Crippen LogP contribution in [0.4, 0.5) is 21.0 Å². The Morgan fingerprint density at radius 1 is 1.22 bits per heavy atom. The molecule has 2 aromatic heterocycles. The molecular formula is C25H27Cl2FN6O2. The van der Waals surface area contributed by atoms with Crippen LogP contribution in [-0.2, 0) is 15.7 Å². The molecule has 0 unspecified atom stereocenters. The summed E-state index contributed by atoms with van der Waals surface area (Å²) in [7, 11) is 0. The van der Waals surface area contributed by atoms with Crippen molar-refractivity contribution in [3.63, 3.8) is 0 Å². The van der Waals surface area contributed by atoms with E-state index in [1.54, 1.807) is 12.4 Å². The summed E-state index contributed by atoms with van der Waals surface area (Å²) in [6.45, 7) is 7.58. The van der Waals surface area contributed by atoms with Crippen molar-refractivity contribution in [3.8, 4) is 5.69 Å². The minimum Gasteiger partial charge on any atom is -0.447 e. The van der Waals surface area contributed by atoms with Crippen molar-refractivity contribution in [1.29, 1.82) is 0 Å². The maximum absolute atomic E-state index is 14.0. The van der Waals surface area contributed by atoms with Crippen molar-refractivity contribution < 1.29 is 13.9 Å². The number of rotatable bonds is 6. The summed E-state index contributed by atoms with van der Waals surface area (Å²) in [5, 5.41) is 4.57. The minimum atomic E-state index is -1.26. The Balaban J connectivity index is 1.39. The van der Waals surface area contributed by atoms with E-state index < -0.39 is 23.8 Å². The van der Waals surface area contributed by atoms with Gasteiger partial charge in [0.15, 0.2) is 0 Å². The van der Waals surface area contributed by atoms with Gasteiger partial charge in [-0.3, -0.25) is 4.90 Å². The summed E-state index contributed by atoms with van der Waals surface area (Å²) in [6, 6.07) is 4.61. The second-order valence-corrected chi connectivity index (χ2v) is 11.2. The van der Waals surface area contributed by atoms with Gasteiger partial charge in [0.25, 0.3) is 0 Å². The molecule has 1 aliphatic heterocycles. The minimum absolute atomic E-state index is 0.0184. The van der Waals surface area contributed by atoms with E-state index in [2.05, 4.69) is 41.0 Å². The highest BCUT2D eigenvalue weighted by Gasteiger charge is 2.47. The summed E-state index contributed by atoms with van der Waals surface area (Å²) < 4.78 is 21.0. The van der Waals surface area contributed by atoms with Crippen molar-refractivity contribution in [2.75, 3.05) is 16.8 Å². The molecule has 0 radical (unpaired) electrons. The number of alkyl halides is 1. The van der Waals surface area contributed by atoms with Gasteiger partial charge in [0.2, 0.25) is 5.95 Å². The quantitative estimate of drug-likeness (QED) is 0.415. The Bertz CT molecular complexity index is 1290. The smallest absolute Gasteiger partial charge is 0.416 e. The number of amides is 1. The van der Waals surface area contributed by atoms with E-state index in [0.717, 1.165) is 29.8 Å². The largest absolute Gasteiger partial charge is 0.447 e. The Morgan fingerprint density at radius 3 is 2.53 bits per heavy atom. The molecule has 3 aromatic rings. The zero-order chi connectivity index (χ0) is 25.8. The van der Waals surface area contributed by atoms with Crippen LogP contribution in [-0.4, -0.2) is 44.4 Å². The molecule has 2 atom stereocenters. The van der Waals surface area contributed by atoms with Crippen LogP contribution in [0, 0.1) is 0 Å². The summed E-state index contributed by atoms with van der Waals surface area (Å²) in [5.41, 5.74) is 1.90. The molecule has 1 N–H and O–H groups in total. The third-order valence-electron chi connectivity index (χ3n) is 6.57. The number of halogens is 3. The zero-order valence-electron chi connectivity index (χ0n) is 20.4. The third-order valence-corrected chi connectivity index (χ3v) is 7.17. The van der Waals surface area contributed by atoms with Crippen molar-refractivity contribution in [2.45, 2.75) is 63.7 Å². The highest BCUT2D eigenvalue weighted by molar-refractivity contribution is 6.36. The molecule has 36 heavy (non-hydrogen) atoms. The second kappa shape index (κ2) is 8.88. The number of imidazole rings is 1. The number of hydrogen-bond donors (Lipinski definition) is 1. The van der Waals surface area contributed by atoms with E-state index in [-0.39, 0.29) is 17.8 Å². The SMILES string of the molecule is C[C@H](F)[C@H]1COC(=O)N1c1ccnc(NC2(c3cn(-c4cc(Cl)c(C(C)(C)C)c(Cl)c4)cn3)CC2)n1. The number of benzene rings is 1. The number of hydrogen-bond acceptors (Lipinski definition) is 6. The fourth-order valence-electron chi connectivity index (χ4n) is 4.50. The van der Waals surface area contributed by atoms with Crippen LogP contribution >= 0.6 is 23.2 Å². The zero-order valence-corrected chi connectivity index (χ0v) is 21.9. The van der Waals surface area contributed by atoms with E-state index in [4.69, 9.17) is 27.9 Å². The van der Waals surface area contributed by atoms with Crippen molar-refractivity contribution in [1.82, 2.24) is 19.5 Å². The molecule has 1 aliphatic carbocycles. The first-order valence-electron chi connectivity index (χ1n) is 11.7. The summed E-state index contributed by atoms with van der Waals surface area (Å²) in [4.78, 5) is 26.9. The third kappa shape index (κ3) is 4.50. The average Bonchev–Trinajstić information content (AvgIpc) is 3.21. The fourth-order valence-corrected chi connectivity index (χ4v) is 5.54. The number of aromatic nitrogens is 4. The molecule has 3 heterocycles. The Labute approximate surface area is 218 Å². The molecule has 2 fully saturated rings. The van der Waals surface area contributed by atoms with Crippen LogP contribution in [0.1, 0.15) is 51.8 Å². The first kappa shape index (κ1) is 24.8. The molecule has 0 bridgehead atoms. The first-order valence-corrected chi connectivity index (χ1v) is 12.5. The summed E-state index contributed by atoms with van der Waals surface area (Å²) >= 11 is 13.2. The lowest BCUT2D eigenvalue weighted by Gasteiger charge is -2.23. The number of carbonyl (C=O) groups is 1. The van der Waals surface area contributed by atoms with Gasteiger partial charge >= 0.3 is 6.09 Å². The average molecular weight is 533 g/mol. The molecule has 1 amide bonds. The Kier molecular flexibility index (Phi) is 6.11. The van der Waals surface area contributed by atoms with Crippen LogP contribution in [0.5, 0.6) is 0 Å². The molecule has 8 nitrogen and oxygen atoms in total. The molecule has 1 saturated carbocycles. The highest BCUT2D eigenvalue weighted by atomic mass is 35.5. The summed E-state index contributed by atoms with van der Waals surface area (Å²) in [5.74, 6) is 0.610. The van der Waals surface area contributed by atoms with Gasteiger partial charge in [-0.15, -0.1) is 0 Å². The predicted molar refractivity (Wildman–Crippen MR) is 137 cm³/mol. The molecular weight excluding hydrogens is 506 g/mol. The fraction of sp³-hybridized carbons (Fsp3) is 0.440. The van der Waals surface area contributed by atoms with E-state index in [0.29, 0.717) is 16.0 Å². The van der Waals surface area contributed by atoms with Gasteiger partial charge in [-0.1, -0.05) is 44.0 Å². The van der Waals surface area contributed by atoms with Crippen LogP contribution in [0.2, 0.25) is 10.0 Å². The Morgan fingerprint density at radius 2 is 1.92 bits per heavy atom. The first-order chi connectivity index (χ1) is 17.0. The van der Waals surface area contributed by atoms with E-state index >= 15 is 0 Å². The van der Waals surface area contributed by atoms with Gasteiger partial charge in [-0.05, 0) is 48.9 Å². The number of nitrogens with zero attached hydrogens (tertiary/aromatic N) is 5. The van der Waals surface area contributed by atoms with Crippen LogP contribution in [0.3, 0.4) is 0 Å². The van der Waals surface area contributed by atoms with Crippen LogP contribution in [0.15, 0.2) is 36.9 Å². The lowest BCUT2D eigenvalue weighted by atomic mass is 9.87. The normalized spacial score (nSPS) is 19.8. The molecule has 2 aliphatic rings. The van der Waals surface area contributed by atoms with Gasteiger partial charge in [0.1, 0.15) is 24.6 Å².